The molecule has 1 saturated heterocycles. The molecule has 0 aromatic carbocycles. The molecule has 2 aliphatic rings. The van der Waals surface area contributed by atoms with Gasteiger partial charge in [-0.2, -0.15) is 0 Å². The summed E-state index contributed by atoms with van der Waals surface area (Å²) in [5.41, 5.74) is 0.781. The molecule has 0 aromatic heterocycles. The zero-order valence-corrected chi connectivity index (χ0v) is 7.77. The van der Waals surface area contributed by atoms with Gasteiger partial charge in [0.15, 0.2) is 0 Å². The van der Waals surface area contributed by atoms with Crippen LogP contribution in [0.15, 0.2) is 0 Å². The van der Waals surface area contributed by atoms with E-state index in [9.17, 15) is 0 Å². The van der Waals surface area contributed by atoms with E-state index in [0.717, 1.165) is 11.3 Å². The van der Waals surface area contributed by atoms with Crippen molar-refractivity contribution in [1.29, 1.82) is 0 Å². The molecular formula is C10H19N. The van der Waals surface area contributed by atoms with Crippen LogP contribution >= 0.6 is 0 Å². The molecule has 1 nitrogen and oxygen atoms in total. The Morgan fingerprint density at radius 2 is 2.18 bits per heavy atom. The lowest BCUT2D eigenvalue weighted by molar-refractivity contribution is -0.0124. The van der Waals surface area contributed by atoms with Gasteiger partial charge in [0.05, 0.1) is 0 Å². The Balaban J connectivity index is 2.01. The first-order valence-corrected chi connectivity index (χ1v) is 4.95. The second kappa shape index (κ2) is 2.48. The molecule has 1 atom stereocenters. The van der Waals surface area contributed by atoms with Crippen LogP contribution in [0.2, 0.25) is 0 Å². The van der Waals surface area contributed by atoms with Gasteiger partial charge < -0.3 is 4.90 Å². The second-order valence-electron chi connectivity index (χ2n) is 4.53. The lowest BCUT2D eigenvalue weighted by atomic mass is 9.71. The summed E-state index contributed by atoms with van der Waals surface area (Å²) >= 11 is 0. The summed E-state index contributed by atoms with van der Waals surface area (Å²) < 4.78 is 0. The van der Waals surface area contributed by atoms with Gasteiger partial charge in [-0.15, -0.1) is 0 Å². The molecule has 0 amide bonds. The molecule has 1 saturated carbocycles. The molecule has 1 heterocycles. The minimum atomic E-state index is 0.781. The molecule has 64 valence electrons. The standard InChI is InChI=1S/C10H19N/c1-3-9-5-4-6-10(9)7-11(2)8-10/h9H,3-8H2,1-2H3. The predicted molar refractivity (Wildman–Crippen MR) is 47.6 cm³/mol. The van der Waals surface area contributed by atoms with E-state index in [0.29, 0.717) is 0 Å². The van der Waals surface area contributed by atoms with Crippen LogP contribution in [0.25, 0.3) is 0 Å². The average Bonchev–Trinajstić information content (AvgIpc) is 2.31. The fourth-order valence-corrected chi connectivity index (χ4v) is 3.29. The Labute approximate surface area is 69.8 Å². The summed E-state index contributed by atoms with van der Waals surface area (Å²) in [6, 6.07) is 0. The second-order valence-corrected chi connectivity index (χ2v) is 4.53. The Morgan fingerprint density at radius 1 is 1.45 bits per heavy atom. The fraction of sp³-hybridized carbons (Fsp3) is 1.00. The van der Waals surface area contributed by atoms with Gasteiger partial charge in [0.1, 0.15) is 0 Å². The first-order chi connectivity index (χ1) is 5.27. The van der Waals surface area contributed by atoms with Gasteiger partial charge in [-0.1, -0.05) is 19.8 Å². The third kappa shape index (κ3) is 1.01. The predicted octanol–water partition coefficient (Wildman–Crippen LogP) is 2.13. The molecule has 1 aliphatic heterocycles. The van der Waals surface area contributed by atoms with Crippen LogP contribution in [0.5, 0.6) is 0 Å². The quantitative estimate of drug-likeness (QED) is 0.558. The van der Waals surface area contributed by atoms with Crippen molar-refractivity contribution >= 4 is 0 Å². The van der Waals surface area contributed by atoms with E-state index in [-0.39, 0.29) is 0 Å². The van der Waals surface area contributed by atoms with Gasteiger partial charge in [-0.05, 0) is 31.2 Å². The molecular weight excluding hydrogens is 134 g/mol. The Hall–Kier alpha value is -0.0400. The molecule has 1 unspecified atom stereocenters. The summed E-state index contributed by atoms with van der Waals surface area (Å²) in [6.45, 7) is 5.12. The van der Waals surface area contributed by atoms with Gasteiger partial charge in [0.2, 0.25) is 0 Å². The highest BCUT2D eigenvalue weighted by molar-refractivity contribution is 5.01. The van der Waals surface area contributed by atoms with Crippen molar-refractivity contribution in [3.8, 4) is 0 Å². The van der Waals surface area contributed by atoms with Crippen molar-refractivity contribution in [1.82, 2.24) is 4.90 Å². The van der Waals surface area contributed by atoms with E-state index < -0.39 is 0 Å². The van der Waals surface area contributed by atoms with Gasteiger partial charge >= 0.3 is 0 Å². The van der Waals surface area contributed by atoms with Crippen LogP contribution in [-0.4, -0.2) is 25.0 Å². The molecule has 2 rings (SSSR count). The maximum absolute atomic E-state index is 2.47. The lowest BCUT2D eigenvalue weighted by Crippen LogP contribution is -2.55. The van der Waals surface area contributed by atoms with Crippen LogP contribution in [0, 0.1) is 11.3 Å². The maximum Gasteiger partial charge on any atom is 0.00501 e. The number of hydrogen-bond acceptors (Lipinski definition) is 1. The van der Waals surface area contributed by atoms with E-state index in [1.165, 1.54) is 38.8 Å². The number of likely N-dealkylation sites (tertiary alicyclic amines) is 1. The molecule has 2 fully saturated rings. The molecule has 1 aliphatic carbocycles. The summed E-state index contributed by atoms with van der Waals surface area (Å²) in [5.74, 6) is 1.05. The maximum atomic E-state index is 2.47. The zero-order valence-electron chi connectivity index (χ0n) is 7.77. The van der Waals surface area contributed by atoms with Gasteiger partial charge in [0.25, 0.3) is 0 Å². The van der Waals surface area contributed by atoms with E-state index in [2.05, 4.69) is 18.9 Å². The molecule has 0 N–H and O–H groups in total. The number of nitrogens with zero attached hydrogens (tertiary/aromatic N) is 1. The van der Waals surface area contributed by atoms with Crippen molar-refractivity contribution in [2.24, 2.45) is 11.3 Å². The van der Waals surface area contributed by atoms with Crippen molar-refractivity contribution in [3.63, 3.8) is 0 Å². The van der Waals surface area contributed by atoms with Crippen molar-refractivity contribution < 1.29 is 0 Å². The summed E-state index contributed by atoms with van der Waals surface area (Å²) in [6.07, 6.45) is 5.92. The minimum Gasteiger partial charge on any atom is -0.305 e. The van der Waals surface area contributed by atoms with Crippen LogP contribution in [0.1, 0.15) is 32.6 Å². The molecule has 1 spiro atoms. The molecule has 0 radical (unpaired) electrons. The third-order valence-corrected chi connectivity index (χ3v) is 3.76. The number of rotatable bonds is 1. The fourth-order valence-electron chi connectivity index (χ4n) is 3.29. The normalized spacial score (nSPS) is 36.0. The summed E-state index contributed by atoms with van der Waals surface area (Å²) in [4.78, 5) is 2.47. The zero-order chi connectivity index (χ0) is 7.90. The highest BCUT2D eigenvalue weighted by Crippen LogP contribution is 2.50. The lowest BCUT2D eigenvalue weighted by Gasteiger charge is -2.50. The highest BCUT2D eigenvalue weighted by atomic mass is 15.2. The van der Waals surface area contributed by atoms with Crippen LogP contribution in [0.4, 0.5) is 0 Å². The van der Waals surface area contributed by atoms with E-state index in [4.69, 9.17) is 0 Å². The van der Waals surface area contributed by atoms with E-state index in [1.807, 2.05) is 0 Å². The average molecular weight is 153 g/mol. The van der Waals surface area contributed by atoms with E-state index >= 15 is 0 Å². The monoisotopic (exact) mass is 153 g/mol. The van der Waals surface area contributed by atoms with Crippen LogP contribution in [-0.2, 0) is 0 Å². The smallest absolute Gasteiger partial charge is 0.00501 e. The first-order valence-electron chi connectivity index (χ1n) is 4.95. The minimum absolute atomic E-state index is 0.781. The van der Waals surface area contributed by atoms with Gasteiger partial charge in [0, 0.05) is 13.1 Å². The summed E-state index contributed by atoms with van der Waals surface area (Å²) in [7, 11) is 2.25. The molecule has 0 aromatic rings. The largest absolute Gasteiger partial charge is 0.305 e. The van der Waals surface area contributed by atoms with Crippen LogP contribution in [0.3, 0.4) is 0 Å². The van der Waals surface area contributed by atoms with Crippen LogP contribution < -0.4 is 0 Å². The molecule has 0 bridgehead atoms. The molecule has 11 heavy (non-hydrogen) atoms. The topological polar surface area (TPSA) is 3.24 Å². The third-order valence-electron chi connectivity index (χ3n) is 3.76. The first kappa shape index (κ1) is 7.60. The molecule has 1 heteroatoms. The van der Waals surface area contributed by atoms with Gasteiger partial charge in [-0.25, -0.2) is 0 Å². The summed E-state index contributed by atoms with van der Waals surface area (Å²) in [5, 5.41) is 0. The number of hydrogen-bond donors (Lipinski definition) is 0. The van der Waals surface area contributed by atoms with E-state index in [1.54, 1.807) is 0 Å². The Kier molecular flexibility index (Phi) is 1.71. The highest BCUT2D eigenvalue weighted by Gasteiger charge is 2.48. The van der Waals surface area contributed by atoms with Crippen molar-refractivity contribution in [2.75, 3.05) is 20.1 Å². The Morgan fingerprint density at radius 3 is 2.73 bits per heavy atom. The van der Waals surface area contributed by atoms with Crippen molar-refractivity contribution in [3.05, 3.63) is 0 Å². The van der Waals surface area contributed by atoms with Gasteiger partial charge in [-0.3, -0.25) is 0 Å². The van der Waals surface area contributed by atoms with Crippen molar-refractivity contribution in [2.45, 2.75) is 32.6 Å². The SMILES string of the molecule is CCC1CCCC12CN(C)C2. The Bertz CT molecular complexity index is 147.